The number of benzene rings is 3. The van der Waals surface area contributed by atoms with Gasteiger partial charge >= 0.3 is 0 Å². The van der Waals surface area contributed by atoms with Crippen molar-refractivity contribution < 1.29 is 23.1 Å². The number of carbonyl (C=O) groups is 1. The molecule has 11 nitrogen and oxygen atoms in total. The molecular formula is C36H50N6O5S2. The fourth-order valence-electron chi connectivity index (χ4n) is 5.75. The highest BCUT2D eigenvalue weighted by atomic mass is 32.2. The number of unbranched alkanes of at least 4 members (excludes halogenated alkanes) is 13. The Balaban J connectivity index is 1.38. The molecule has 0 radical (unpaired) electrons. The maximum atomic E-state index is 13.3. The first-order valence-electron chi connectivity index (χ1n) is 17.4. The smallest absolute Gasteiger partial charge is 0.252 e. The molecule has 4 N–H and O–H groups in total. The van der Waals surface area contributed by atoms with Crippen molar-refractivity contribution >= 4 is 44.2 Å². The zero-order valence-corrected chi connectivity index (χ0v) is 30.3. The lowest BCUT2D eigenvalue weighted by Gasteiger charge is -2.17. The zero-order valence-electron chi connectivity index (χ0n) is 28.7. The van der Waals surface area contributed by atoms with Gasteiger partial charge in [0, 0.05) is 23.6 Å². The van der Waals surface area contributed by atoms with Crippen LogP contribution in [-0.2, 0) is 22.8 Å². The standard InChI is InChI=1S/C36H50N6O5S2/c1-3-4-5-6-7-8-9-10-11-12-13-14-15-18-23-49(45,46)39-31-24-27(26-48-36-38-40-41-42(36)2)21-22-32(31)47-33-25-30(35(37)44)34(43)29-20-17-16-19-28(29)33/h16-17,19-22,24-25,39,43H,3-15,18,23,26H2,1-2H3,(H2,37,44). The van der Waals surface area contributed by atoms with E-state index in [1.54, 1.807) is 48.1 Å². The number of aryl methyl sites for hydroxylation is 1. The van der Waals surface area contributed by atoms with E-state index in [-0.39, 0.29) is 34.3 Å². The predicted molar refractivity (Wildman–Crippen MR) is 197 cm³/mol. The Kier molecular flexibility index (Phi) is 15.0. The van der Waals surface area contributed by atoms with E-state index in [1.165, 1.54) is 82.0 Å². The molecule has 0 unspecified atom stereocenters. The quantitative estimate of drug-likeness (QED) is 0.0506. The number of amides is 1. The number of aromatic hydroxyl groups is 1. The topological polar surface area (TPSA) is 162 Å². The van der Waals surface area contributed by atoms with E-state index < -0.39 is 15.9 Å². The molecule has 0 saturated carbocycles. The summed E-state index contributed by atoms with van der Waals surface area (Å²) in [5.74, 6) is -0.0900. The third kappa shape index (κ3) is 11.9. The molecule has 13 heteroatoms. The lowest BCUT2D eigenvalue weighted by molar-refractivity contribution is 0.0997. The highest BCUT2D eigenvalue weighted by Crippen LogP contribution is 2.40. The average Bonchev–Trinajstić information content (AvgIpc) is 3.50. The summed E-state index contributed by atoms with van der Waals surface area (Å²) in [6.45, 7) is 2.25. The van der Waals surface area contributed by atoms with Gasteiger partial charge in [-0.3, -0.25) is 9.52 Å². The van der Waals surface area contributed by atoms with E-state index in [0.29, 0.717) is 28.1 Å². The largest absolute Gasteiger partial charge is 0.506 e. The van der Waals surface area contributed by atoms with Crippen molar-refractivity contribution in [3.05, 3.63) is 59.7 Å². The number of ether oxygens (including phenoxy) is 1. The van der Waals surface area contributed by atoms with Gasteiger partial charge in [0.05, 0.1) is 17.0 Å². The minimum Gasteiger partial charge on any atom is -0.506 e. The summed E-state index contributed by atoms with van der Waals surface area (Å²) in [5, 5.41) is 23.7. The molecule has 1 amide bonds. The monoisotopic (exact) mass is 710 g/mol. The number of aromatic nitrogens is 4. The molecule has 0 aliphatic carbocycles. The van der Waals surface area contributed by atoms with Crippen LogP contribution < -0.4 is 15.2 Å². The normalized spacial score (nSPS) is 11.6. The van der Waals surface area contributed by atoms with Crippen LogP contribution in [-0.4, -0.2) is 45.4 Å². The van der Waals surface area contributed by atoms with Gasteiger partial charge in [-0.15, -0.1) is 5.10 Å². The van der Waals surface area contributed by atoms with Gasteiger partial charge in [-0.2, -0.15) is 0 Å². The summed E-state index contributed by atoms with van der Waals surface area (Å²) in [5.41, 5.74) is 6.53. The Hall–Kier alpha value is -3.84. The van der Waals surface area contributed by atoms with E-state index in [4.69, 9.17) is 10.5 Å². The van der Waals surface area contributed by atoms with Crippen molar-refractivity contribution in [2.75, 3.05) is 10.5 Å². The molecule has 266 valence electrons. The van der Waals surface area contributed by atoms with Crippen LogP contribution in [0.3, 0.4) is 0 Å². The fraction of sp³-hybridized carbons (Fsp3) is 0.500. The minimum absolute atomic E-state index is 0.0119. The first-order valence-corrected chi connectivity index (χ1v) is 20.0. The van der Waals surface area contributed by atoms with Gasteiger partial charge in [0.15, 0.2) is 5.75 Å². The summed E-state index contributed by atoms with van der Waals surface area (Å²) in [4.78, 5) is 12.1. The second kappa shape index (κ2) is 19.4. The van der Waals surface area contributed by atoms with Crippen molar-refractivity contribution in [3.8, 4) is 17.2 Å². The van der Waals surface area contributed by atoms with Gasteiger partial charge in [-0.25, -0.2) is 13.1 Å². The molecule has 0 atom stereocenters. The molecule has 3 aromatic carbocycles. The first kappa shape index (κ1) is 38.0. The molecule has 0 fully saturated rings. The summed E-state index contributed by atoms with van der Waals surface area (Å²) in [7, 11) is -1.96. The lowest BCUT2D eigenvalue weighted by Crippen LogP contribution is -2.17. The molecule has 0 aliphatic rings. The highest BCUT2D eigenvalue weighted by Gasteiger charge is 2.20. The van der Waals surface area contributed by atoms with Crippen LogP contribution in [0.25, 0.3) is 10.8 Å². The number of phenols is 1. The summed E-state index contributed by atoms with van der Waals surface area (Å²) in [6.07, 6.45) is 16.6. The SMILES string of the molecule is CCCCCCCCCCCCCCCCS(=O)(=O)Nc1cc(CSc2nnnn2C)ccc1Oc1cc(C(N)=O)c(O)c2ccccc12. The Bertz CT molecular complexity index is 1760. The maximum absolute atomic E-state index is 13.3. The van der Waals surface area contributed by atoms with Gasteiger partial charge in [0.1, 0.15) is 11.5 Å². The van der Waals surface area contributed by atoms with Crippen molar-refractivity contribution in [1.82, 2.24) is 20.2 Å². The van der Waals surface area contributed by atoms with E-state index in [9.17, 15) is 18.3 Å². The number of primary amides is 1. The number of carbonyl (C=O) groups excluding carboxylic acids is 1. The van der Waals surface area contributed by atoms with E-state index in [2.05, 4.69) is 27.2 Å². The highest BCUT2D eigenvalue weighted by molar-refractivity contribution is 7.98. The van der Waals surface area contributed by atoms with Crippen LogP contribution in [0, 0.1) is 0 Å². The second-order valence-electron chi connectivity index (χ2n) is 12.5. The summed E-state index contributed by atoms with van der Waals surface area (Å²) < 4.78 is 37.2. The van der Waals surface area contributed by atoms with Crippen LogP contribution in [0.15, 0.2) is 53.7 Å². The third-order valence-electron chi connectivity index (χ3n) is 8.49. The molecular weight excluding hydrogens is 661 g/mol. The Morgan fingerprint density at radius 2 is 1.49 bits per heavy atom. The second-order valence-corrected chi connectivity index (χ2v) is 15.3. The fourth-order valence-corrected chi connectivity index (χ4v) is 7.72. The van der Waals surface area contributed by atoms with E-state index in [0.717, 1.165) is 24.8 Å². The number of nitrogens with two attached hydrogens (primary N) is 1. The zero-order chi connectivity index (χ0) is 35.1. The number of sulfonamides is 1. The van der Waals surface area contributed by atoms with Crippen molar-refractivity contribution in [3.63, 3.8) is 0 Å². The Morgan fingerprint density at radius 1 is 0.878 bits per heavy atom. The van der Waals surface area contributed by atoms with Gasteiger partial charge < -0.3 is 15.6 Å². The number of hydrogen-bond acceptors (Lipinski definition) is 9. The predicted octanol–water partition coefficient (Wildman–Crippen LogP) is 8.48. The number of nitrogens with one attached hydrogen (secondary N) is 1. The van der Waals surface area contributed by atoms with Crippen LogP contribution in [0.4, 0.5) is 5.69 Å². The molecule has 1 aromatic heterocycles. The third-order valence-corrected chi connectivity index (χ3v) is 10.9. The number of nitrogens with zero attached hydrogens (tertiary/aromatic N) is 4. The number of fused-ring (bicyclic) bond motifs is 1. The van der Waals surface area contributed by atoms with E-state index in [1.807, 2.05) is 6.07 Å². The Labute approximate surface area is 294 Å². The number of rotatable bonds is 23. The molecule has 0 bridgehead atoms. The van der Waals surface area contributed by atoms with Crippen molar-refractivity contribution in [1.29, 1.82) is 0 Å². The number of anilines is 1. The van der Waals surface area contributed by atoms with Crippen LogP contribution in [0.2, 0.25) is 0 Å². The maximum Gasteiger partial charge on any atom is 0.252 e. The molecule has 4 aromatic rings. The van der Waals surface area contributed by atoms with Gasteiger partial charge in [0.25, 0.3) is 5.91 Å². The molecule has 0 aliphatic heterocycles. The molecule has 1 heterocycles. The Morgan fingerprint density at radius 3 is 2.08 bits per heavy atom. The van der Waals surface area contributed by atoms with Gasteiger partial charge in [-0.05, 0) is 40.6 Å². The van der Waals surface area contributed by atoms with Crippen molar-refractivity contribution in [2.45, 2.75) is 108 Å². The van der Waals surface area contributed by atoms with E-state index >= 15 is 0 Å². The number of tetrazole rings is 1. The number of thioether (sulfide) groups is 1. The molecule has 0 spiro atoms. The van der Waals surface area contributed by atoms with Crippen LogP contribution in [0.1, 0.15) is 113 Å². The van der Waals surface area contributed by atoms with Crippen LogP contribution in [0.5, 0.6) is 17.2 Å². The number of hydrogen-bond donors (Lipinski definition) is 3. The van der Waals surface area contributed by atoms with Gasteiger partial charge in [-0.1, -0.05) is 132 Å². The summed E-state index contributed by atoms with van der Waals surface area (Å²) in [6, 6.07) is 13.5. The van der Waals surface area contributed by atoms with Gasteiger partial charge in [0.2, 0.25) is 15.2 Å². The molecule has 0 saturated heterocycles. The first-order chi connectivity index (χ1) is 23.7. The lowest BCUT2D eigenvalue weighted by atomic mass is 10.0. The minimum atomic E-state index is -3.71. The molecule has 49 heavy (non-hydrogen) atoms. The molecule has 4 rings (SSSR count). The summed E-state index contributed by atoms with van der Waals surface area (Å²) >= 11 is 1.41. The van der Waals surface area contributed by atoms with Crippen molar-refractivity contribution in [2.24, 2.45) is 12.8 Å². The average molecular weight is 711 g/mol. The van der Waals surface area contributed by atoms with Crippen LogP contribution >= 0.6 is 11.8 Å².